The first-order chi connectivity index (χ1) is 14.9. The van der Waals surface area contributed by atoms with Gasteiger partial charge in [-0.2, -0.15) is 0 Å². The summed E-state index contributed by atoms with van der Waals surface area (Å²) in [4.78, 5) is 39.6. The van der Waals surface area contributed by atoms with E-state index in [1.54, 1.807) is 6.92 Å². The number of ether oxygens (including phenoxy) is 1. The lowest BCUT2D eigenvalue weighted by molar-refractivity contribution is -0.188. The molecule has 1 aliphatic rings. The number of fused-ring (bicyclic) bond motifs is 3. The minimum Gasteiger partial charge on any atom is -0.479 e. The number of hydrogen-bond donors (Lipinski definition) is 2. The quantitative estimate of drug-likeness (QED) is 0.597. The lowest BCUT2D eigenvalue weighted by Gasteiger charge is -2.20. The molecule has 1 atom stereocenters. The van der Waals surface area contributed by atoms with Crippen LogP contribution in [-0.2, 0) is 19.2 Å². The summed E-state index contributed by atoms with van der Waals surface area (Å²) in [5.41, 5.74) is 4.60. The number of benzene rings is 2. The number of amides is 2. The Labute approximate surface area is 180 Å². The molecule has 2 aromatic rings. The molecule has 0 bridgehead atoms. The van der Waals surface area contributed by atoms with E-state index in [0.29, 0.717) is 6.42 Å². The molecule has 0 spiro atoms. The average molecular weight is 426 g/mol. The predicted octanol–water partition coefficient (Wildman–Crippen LogP) is 3.03. The van der Waals surface area contributed by atoms with Gasteiger partial charge in [-0.1, -0.05) is 55.5 Å². The Morgan fingerprint density at radius 3 is 2.23 bits per heavy atom. The number of hydroxylamine groups is 2. The van der Waals surface area contributed by atoms with E-state index in [0.717, 1.165) is 27.3 Å². The lowest BCUT2D eigenvalue weighted by Crippen LogP contribution is -2.35. The van der Waals surface area contributed by atoms with E-state index in [1.165, 1.54) is 7.05 Å². The van der Waals surface area contributed by atoms with Gasteiger partial charge in [0, 0.05) is 25.4 Å². The Morgan fingerprint density at radius 2 is 1.65 bits per heavy atom. The molecule has 0 saturated heterocycles. The molecular weight excluding hydrogens is 400 g/mol. The third kappa shape index (κ3) is 5.40. The van der Waals surface area contributed by atoms with Gasteiger partial charge in [0.2, 0.25) is 5.91 Å². The number of aliphatic carboxylic acids is 1. The van der Waals surface area contributed by atoms with Gasteiger partial charge >= 0.3 is 12.1 Å². The van der Waals surface area contributed by atoms with E-state index in [4.69, 9.17) is 14.7 Å². The highest BCUT2D eigenvalue weighted by atomic mass is 16.7. The van der Waals surface area contributed by atoms with Crippen LogP contribution in [0.4, 0.5) is 4.79 Å². The smallest absolute Gasteiger partial charge is 0.407 e. The first-order valence-electron chi connectivity index (χ1n) is 10.1. The van der Waals surface area contributed by atoms with Gasteiger partial charge in [-0.25, -0.2) is 14.7 Å². The highest BCUT2D eigenvalue weighted by Gasteiger charge is 2.29. The second kappa shape index (κ2) is 10.1. The van der Waals surface area contributed by atoms with Crippen molar-refractivity contribution < 1.29 is 29.1 Å². The summed E-state index contributed by atoms with van der Waals surface area (Å²) in [5, 5.41) is 12.2. The maximum Gasteiger partial charge on any atom is 0.407 e. The molecule has 2 aromatic carbocycles. The summed E-state index contributed by atoms with van der Waals surface area (Å²) >= 11 is 0. The first-order valence-corrected chi connectivity index (χ1v) is 10.1. The molecule has 2 N–H and O–H groups in total. The number of alkyl carbamates (subject to hydrolysis) is 1. The maximum atomic E-state index is 12.2. The van der Waals surface area contributed by atoms with Crippen LogP contribution in [0.25, 0.3) is 11.1 Å². The van der Waals surface area contributed by atoms with Crippen molar-refractivity contribution in [1.82, 2.24) is 10.4 Å². The van der Waals surface area contributed by atoms with Gasteiger partial charge in [-0.05, 0) is 28.7 Å². The van der Waals surface area contributed by atoms with Crippen molar-refractivity contribution in [3.8, 4) is 11.1 Å². The number of carboxylic acids is 1. The Morgan fingerprint density at radius 1 is 1.06 bits per heavy atom. The number of rotatable bonds is 9. The predicted molar refractivity (Wildman–Crippen MR) is 113 cm³/mol. The third-order valence-corrected chi connectivity index (χ3v) is 5.30. The summed E-state index contributed by atoms with van der Waals surface area (Å²) in [7, 11) is 1.36. The minimum atomic E-state index is -1.16. The van der Waals surface area contributed by atoms with Crippen molar-refractivity contribution in [3.05, 3.63) is 59.7 Å². The summed E-state index contributed by atoms with van der Waals surface area (Å²) in [6, 6.07) is 16.2. The fourth-order valence-corrected chi connectivity index (χ4v) is 3.69. The molecular formula is C23H26N2O6. The highest BCUT2D eigenvalue weighted by Crippen LogP contribution is 2.44. The molecule has 0 fully saturated rings. The van der Waals surface area contributed by atoms with Crippen molar-refractivity contribution >= 4 is 18.0 Å². The number of nitrogens with one attached hydrogen (secondary N) is 1. The maximum absolute atomic E-state index is 12.2. The van der Waals surface area contributed by atoms with Crippen LogP contribution >= 0.6 is 0 Å². The van der Waals surface area contributed by atoms with Crippen LogP contribution < -0.4 is 5.32 Å². The molecule has 8 heteroatoms. The van der Waals surface area contributed by atoms with Crippen molar-refractivity contribution in [2.24, 2.45) is 5.92 Å². The Bertz CT molecular complexity index is 915. The van der Waals surface area contributed by atoms with Gasteiger partial charge in [-0.3, -0.25) is 9.63 Å². The number of carboxylic acid groups (broad SMARTS) is 1. The number of hydrogen-bond acceptors (Lipinski definition) is 5. The summed E-state index contributed by atoms with van der Waals surface area (Å²) in [5.74, 6) is -1.99. The molecule has 0 aromatic heterocycles. The molecule has 8 nitrogen and oxygen atoms in total. The van der Waals surface area contributed by atoms with Crippen LogP contribution in [0.15, 0.2) is 48.5 Å². The third-order valence-electron chi connectivity index (χ3n) is 5.30. The molecule has 0 heterocycles. The van der Waals surface area contributed by atoms with Gasteiger partial charge in [-0.15, -0.1) is 0 Å². The Kier molecular flexibility index (Phi) is 7.25. The van der Waals surface area contributed by atoms with Crippen LogP contribution in [0.3, 0.4) is 0 Å². The zero-order chi connectivity index (χ0) is 22.4. The zero-order valence-corrected chi connectivity index (χ0v) is 17.5. The monoisotopic (exact) mass is 426 g/mol. The first kappa shape index (κ1) is 22.3. The van der Waals surface area contributed by atoms with Gasteiger partial charge < -0.3 is 15.2 Å². The van der Waals surface area contributed by atoms with Crippen molar-refractivity contribution in [3.63, 3.8) is 0 Å². The lowest BCUT2D eigenvalue weighted by atomic mass is 9.98. The van der Waals surface area contributed by atoms with Crippen molar-refractivity contribution in [2.75, 3.05) is 26.8 Å². The van der Waals surface area contributed by atoms with Gasteiger partial charge in [0.05, 0.1) is 0 Å². The molecule has 0 saturated carbocycles. The van der Waals surface area contributed by atoms with E-state index < -0.39 is 24.6 Å². The second-order valence-electron chi connectivity index (χ2n) is 7.44. The van der Waals surface area contributed by atoms with Crippen LogP contribution in [0.1, 0.15) is 30.4 Å². The van der Waals surface area contributed by atoms with Crippen molar-refractivity contribution in [2.45, 2.75) is 19.3 Å². The van der Waals surface area contributed by atoms with Gasteiger partial charge in [0.1, 0.15) is 6.61 Å². The van der Waals surface area contributed by atoms with Gasteiger partial charge in [0.15, 0.2) is 6.61 Å². The minimum absolute atomic E-state index is 0.0151. The average Bonchev–Trinajstić information content (AvgIpc) is 3.09. The normalized spacial score (nSPS) is 13.1. The van der Waals surface area contributed by atoms with Gasteiger partial charge in [0.25, 0.3) is 0 Å². The molecule has 2 amide bonds. The fourth-order valence-electron chi connectivity index (χ4n) is 3.69. The standard InChI is InChI=1S/C23H26N2O6/c1-15(22(28)25(2)31-14-21(26)27)11-12-24-23(29)30-13-20-18-9-5-3-7-16(18)17-8-4-6-10-19(17)20/h3-10,15,20H,11-14H2,1-2H3,(H,24,29)(H,26,27). The molecule has 3 rings (SSSR count). The summed E-state index contributed by atoms with van der Waals surface area (Å²) in [6.45, 7) is 1.56. The van der Waals surface area contributed by atoms with E-state index in [9.17, 15) is 14.4 Å². The van der Waals surface area contributed by atoms with E-state index in [1.807, 2.05) is 24.3 Å². The topological polar surface area (TPSA) is 105 Å². The molecule has 164 valence electrons. The fraction of sp³-hybridized carbons (Fsp3) is 0.348. The van der Waals surface area contributed by atoms with Crippen LogP contribution in [0.5, 0.6) is 0 Å². The molecule has 0 aliphatic heterocycles. The van der Waals surface area contributed by atoms with E-state index >= 15 is 0 Å². The van der Waals surface area contributed by atoms with E-state index in [-0.39, 0.29) is 25.0 Å². The summed E-state index contributed by atoms with van der Waals surface area (Å²) < 4.78 is 5.46. The molecule has 31 heavy (non-hydrogen) atoms. The van der Waals surface area contributed by atoms with E-state index in [2.05, 4.69) is 29.6 Å². The SMILES string of the molecule is CC(CCNC(=O)OCC1c2ccccc2-c2ccccc21)C(=O)N(C)OCC(=O)O. The molecule has 1 unspecified atom stereocenters. The molecule has 0 radical (unpaired) electrons. The Balaban J connectivity index is 1.46. The summed E-state index contributed by atoms with van der Waals surface area (Å²) in [6.07, 6.45) is -0.180. The van der Waals surface area contributed by atoms with Crippen molar-refractivity contribution in [1.29, 1.82) is 0 Å². The molecule has 1 aliphatic carbocycles. The van der Waals surface area contributed by atoms with Crippen LogP contribution in [-0.4, -0.2) is 54.9 Å². The van der Waals surface area contributed by atoms with Crippen LogP contribution in [0.2, 0.25) is 0 Å². The highest BCUT2D eigenvalue weighted by molar-refractivity contribution is 5.79. The second-order valence-corrected chi connectivity index (χ2v) is 7.44. The zero-order valence-electron chi connectivity index (χ0n) is 17.5. The number of carbonyl (C=O) groups is 3. The largest absolute Gasteiger partial charge is 0.479 e. The Hall–Kier alpha value is -3.39. The van der Waals surface area contributed by atoms with Crippen LogP contribution in [0, 0.1) is 5.92 Å². The number of carbonyl (C=O) groups excluding carboxylic acids is 2. The number of nitrogens with zero attached hydrogens (tertiary/aromatic N) is 1.